The summed E-state index contributed by atoms with van der Waals surface area (Å²) in [5.41, 5.74) is 0.759. The molecule has 0 unspecified atom stereocenters. The number of H-pyrrole nitrogens is 1. The highest BCUT2D eigenvalue weighted by molar-refractivity contribution is 5.94. The number of amides is 1. The lowest BCUT2D eigenvalue weighted by Crippen LogP contribution is -2.47. The van der Waals surface area contributed by atoms with Crippen molar-refractivity contribution in [1.29, 1.82) is 0 Å². The highest BCUT2D eigenvalue weighted by Gasteiger charge is 2.20. The van der Waals surface area contributed by atoms with Gasteiger partial charge >= 0.3 is 0 Å². The zero-order valence-corrected chi connectivity index (χ0v) is 8.36. The van der Waals surface area contributed by atoms with Crippen molar-refractivity contribution in [3.63, 3.8) is 0 Å². The van der Waals surface area contributed by atoms with Crippen molar-refractivity contribution in [3.8, 4) is 0 Å². The molecule has 0 spiro atoms. The zero-order chi connectivity index (χ0) is 9.97. The van der Waals surface area contributed by atoms with Gasteiger partial charge in [0.2, 0.25) is 0 Å². The van der Waals surface area contributed by atoms with E-state index in [9.17, 15) is 4.79 Å². The molecule has 1 fully saturated rings. The maximum atomic E-state index is 11.9. The second-order valence-electron chi connectivity index (χ2n) is 3.70. The van der Waals surface area contributed by atoms with Gasteiger partial charge in [-0.15, -0.1) is 0 Å². The van der Waals surface area contributed by atoms with Crippen LogP contribution < -0.4 is 0 Å². The summed E-state index contributed by atoms with van der Waals surface area (Å²) in [4.78, 5) is 18.9. The second kappa shape index (κ2) is 3.84. The molecule has 4 heteroatoms. The van der Waals surface area contributed by atoms with Gasteiger partial charge in [0.1, 0.15) is 0 Å². The lowest BCUT2D eigenvalue weighted by Gasteiger charge is -2.32. The van der Waals surface area contributed by atoms with Crippen LogP contribution in [-0.2, 0) is 0 Å². The normalized spacial score (nSPS) is 18.5. The average molecular weight is 193 g/mol. The minimum absolute atomic E-state index is 0.138. The van der Waals surface area contributed by atoms with Gasteiger partial charge in [-0.2, -0.15) is 0 Å². The summed E-state index contributed by atoms with van der Waals surface area (Å²) in [5, 5.41) is 0. The van der Waals surface area contributed by atoms with E-state index in [0.29, 0.717) is 0 Å². The van der Waals surface area contributed by atoms with Gasteiger partial charge in [0.05, 0.1) is 5.56 Å². The Labute approximate surface area is 83.5 Å². The predicted molar refractivity (Wildman–Crippen MR) is 54.2 cm³/mol. The van der Waals surface area contributed by atoms with Crippen molar-refractivity contribution in [3.05, 3.63) is 24.0 Å². The molecule has 1 aliphatic rings. The van der Waals surface area contributed by atoms with Crippen LogP contribution in [0.3, 0.4) is 0 Å². The van der Waals surface area contributed by atoms with Gasteiger partial charge in [-0.25, -0.2) is 0 Å². The fraction of sp³-hybridized carbons (Fsp3) is 0.500. The molecule has 0 aliphatic carbocycles. The van der Waals surface area contributed by atoms with Gasteiger partial charge < -0.3 is 14.8 Å². The summed E-state index contributed by atoms with van der Waals surface area (Å²) >= 11 is 0. The molecule has 2 rings (SSSR count). The Kier molecular flexibility index (Phi) is 2.54. The van der Waals surface area contributed by atoms with Gasteiger partial charge in [0, 0.05) is 38.6 Å². The van der Waals surface area contributed by atoms with Crippen molar-refractivity contribution in [2.24, 2.45) is 0 Å². The molecule has 0 bridgehead atoms. The van der Waals surface area contributed by atoms with E-state index in [-0.39, 0.29) is 5.91 Å². The van der Waals surface area contributed by atoms with E-state index in [1.807, 2.05) is 11.0 Å². The molecule has 4 nitrogen and oxygen atoms in total. The maximum absolute atomic E-state index is 11.9. The Balaban J connectivity index is 1.99. The Morgan fingerprint density at radius 1 is 1.36 bits per heavy atom. The van der Waals surface area contributed by atoms with Crippen LogP contribution in [0.25, 0.3) is 0 Å². The lowest BCUT2D eigenvalue weighted by atomic mass is 10.2. The second-order valence-corrected chi connectivity index (χ2v) is 3.70. The van der Waals surface area contributed by atoms with Crippen LogP contribution in [-0.4, -0.2) is 53.9 Å². The van der Waals surface area contributed by atoms with Crippen molar-refractivity contribution in [2.45, 2.75) is 0 Å². The summed E-state index contributed by atoms with van der Waals surface area (Å²) in [6.07, 6.45) is 3.53. The first-order valence-corrected chi connectivity index (χ1v) is 4.88. The van der Waals surface area contributed by atoms with E-state index >= 15 is 0 Å². The number of piperazine rings is 1. The number of hydrogen-bond donors (Lipinski definition) is 1. The van der Waals surface area contributed by atoms with Crippen LogP contribution >= 0.6 is 0 Å². The molecule has 1 aromatic heterocycles. The summed E-state index contributed by atoms with van der Waals surface area (Å²) < 4.78 is 0. The number of likely N-dealkylation sites (N-methyl/N-ethyl adjacent to an activating group) is 1. The quantitative estimate of drug-likeness (QED) is 0.701. The van der Waals surface area contributed by atoms with E-state index in [0.717, 1.165) is 31.7 Å². The molecule has 2 heterocycles. The maximum Gasteiger partial charge on any atom is 0.255 e. The SMILES string of the molecule is CN1CCN(C(=O)c2cc[nH]c2)CC1. The molecule has 1 aliphatic heterocycles. The monoisotopic (exact) mass is 193 g/mol. The average Bonchev–Trinajstić information content (AvgIpc) is 2.71. The largest absolute Gasteiger partial charge is 0.367 e. The highest BCUT2D eigenvalue weighted by atomic mass is 16.2. The van der Waals surface area contributed by atoms with E-state index < -0.39 is 0 Å². The molecule has 1 amide bonds. The van der Waals surface area contributed by atoms with Gasteiger partial charge in [-0.3, -0.25) is 4.79 Å². The van der Waals surface area contributed by atoms with E-state index in [1.54, 1.807) is 12.4 Å². The summed E-state index contributed by atoms with van der Waals surface area (Å²) in [6, 6.07) is 1.82. The van der Waals surface area contributed by atoms with Gasteiger partial charge in [-0.05, 0) is 13.1 Å². The van der Waals surface area contributed by atoms with Crippen molar-refractivity contribution in [2.75, 3.05) is 33.2 Å². The fourth-order valence-corrected chi connectivity index (χ4v) is 1.65. The number of aromatic nitrogens is 1. The summed E-state index contributed by atoms with van der Waals surface area (Å²) in [5.74, 6) is 0.138. The van der Waals surface area contributed by atoms with Crippen LogP contribution in [0.5, 0.6) is 0 Å². The standard InChI is InChI=1S/C10H15N3O/c1-12-4-6-13(7-5-12)10(14)9-2-3-11-8-9/h2-3,8,11H,4-7H2,1H3. The molecule has 0 saturated carbocycles. The van der Waals surface area contributed by atoms with E-state index in [1.165, 1.54) is 0 Å². The number of aromatic amines is 1. The number of carbonyl (C=O) groups excluding carboxylic acids is 1. The first-order chi connectivity index (χ1) is 6.77. The third kappa shape index (κ3) is 1.80. The third-order valence-corrected chi connectivity index (χ3v) is 2.64. The molecule has 14 heavy (non-hydrogen) atoms. The van der Waals surface area contributed by atoms with Crippen LogP contribution in [0.1, 0.15) is 10.4 Å². The third-order valence-electron chi connectivity index (χ3n) is 2.64. The number of nitrogens with zero attached hydrogens (tertiary/aromatic N) is 2. The first-order valence-electron chi connectivity index (χ1n) is 4.88. The van der Waals surface area contributed by atoms with Crippen molar-refractivity contribution < 1.29 is 4.79 Å². The number of nitrogens with one attached hydrogen (secondary N) is 1. The number of hydrogen-bond acceptors (Lipinski definition) is 2. The first kappa shape index (κ1) is 9.27. The molecule has 0 radical (unpaired) electrons. The van der Waals surface area contributed by atoms with E-state index in [4.69, 9.17) is 0 Å². The van der Waals surface area contributed by atoms with Crippen molar-refractivity contribution in [1.82, 2.24) is 14.8 Å². The molecule has 0 aromatic carbocycles. The smallest absolute Gasteiger partial charge is 0.255 e. The molecule has 1 N–H and O–H groups in total. The molecule has 76 valence electrons. The molecular weight excluding hydrogens is 178 g/mol. The summed E-state index contributed by atoms with van der Waals surface area (Å²) in [7, 11) is 2.08. The van der Waals surface area contributed by atoms with Crippen LogP contribution in [0.15, 0.2) is 18.5 Å². The van der Waals surface area contributed by atoms with Gasteiger partial charge in [0.25, 0.3) is 5.91 Å². The zero-order valence-electron chi connectivity index (χ0n) is 8.36. The van der Waals surface area contributed by atoms with Crippen LogP contribution in [0.2, 0.25) is 0 Å². The summed E-state index contributed by atoms with van der Waals surface area (Å²) in [6.45, 7) is 3.60. The van der Waals surface area contributed by atoms with Crippen molar-refractivity contribution >= 4 is 5.91 Å². The molecular formula is C10H15N3O. The minimum Gasteiger partial charge on any atom is -0.367 e. The van der Waals surface area contributed by atoms with E-state index in [2.05, 4.69) is 16.9 Å². The predicted octanol–water partition coefficient (Wildman–Crippen LogP) is 0.402. The molecule has 1 saturated heterocycles. The number of rotatable bonds is 1. The Morgan fingerprint density at radius 3 is 2.64 bits per heavy atom. The fourth-order valence-electron chi connectivity index (χ4n) is 1.65. The van der Waals surface area contributed by atoms with Crippen LogP contribution in [0.4, 0.5) is 0 Å². The molecule has 1 aromatic rings. The lowest BCUT2D eigenvalue weighted by molar-refractivity contribution is 0.0664. The minimum atomic E-state index is 0.138. The number of carbonyl (C=O) groups is 1. The Hall–Kier alpha value is -1.29. The highest BCUT2D eigenvalue weighted by Crippen LogP contribution is 2.06. The van der Waals surface area contributed by atoms with Gasteiger partial charge in [0.15, 0.2) is 0 Å². The topological polar surface area (TPSA) is 39.3 Å². The Bertz CT molecular complexity index is 299. The Morgan fingerprint density at radius 2 is 2.07 bits per heavy atom. The van der Waals surface area contributed by atoms with Crippen LogP contribution in [0, 0.1) is 0 Å². The molecule has 0 atom stereocenters. The van der Waals surface area contributed by atoms with Gasteiger partial charge in [-0.1, -0.05) is 0 Å².